The average molecular weight is 368 g/mol. The third kappa shape index (κ3) is 5.78. The van der Waals surface area contributed by atoms with Crippen LogP contribution in [0.15, 0.2) is 53.7 Å². The molecule has 0 saturated heterocycles. The van der Waals surface area contributed by atoms with Crippen LogP contribution in [-0.4, -0.2) is 37.1 Å². The predicted octanol–water partition coefficient (Wildman–Crippen LogP) is 3.05. The molecule has 0 radical (unpaired) electrons. The minimum atomic E-state index is -0.817. The lowest BCUT2D eigenvalue weighted by atomic mass is 10.1. The lowest BCUT2D eigenvalue weighted by Gasteiger charge is -2.10. The number of benzene rings is 2. The molecule has 2 aromatic carbocycles. The fourth-order valence-electron chi connectivity index (χ4n) is 2.09. The first-order chi connectivity index (χ1) is 12.9. The summed E-state index contributed by atoms with van der Waals surface area (Å²) >= 11 is 0. The number of Topliss-reactive ketones (excluding diaryl/α,β-unsaturated/α-hetero) is 1. The van der Waals surface area contributed by atoms with Crippen molar-refractivity contribution >= 4 is 29.6 Å². The van der Waals surface area contributed by atoms with Gasteiger partial charge in [0.25, 0.3) is 5.91 Å². The number of amides is 1. The number of esters is 1. The van der Waals surface area contributed by atoms with Gasteiger partial charge in [-0.3, -0.25) is 9.59 Å². The van der Waals surface area contributed by atoms with Gasteiger partial charge in [-0.25, -0.2) is 4.79 Å². The number of hydrogen-bond donors (Lipinski definition) is 1. The van der Waals surface area contributed by atoms with Crippen molar-refractivity contribution in [1.29, 1.82) is 0 Å². The number of hydrogen-bond acceptors (Lipinski definition) is 6. The number of rotatable bonds is 7. The van der Waals surface area contributed by atoms with E-state index in [1.807, 2.05) is 0 Å². The lowest BCUT2D eigenvalue weighted by molar-refractivity contribution is -0.126. The van der Waals surface area contributed by atoms with Crippen LogP contribution in [0.1, 0.15) is 40.1 Å². The van der Waals surface area contributed by atoms with Crippen LogP contribution in [-0.2, 0) is 14.4 Å². The Morgan fingerprint density at radius 2 is 1.59 bits per heavy atom. The van der Waals surface area contributed by atoms with Gasteiger partial charge in [-0.15, -0.1) is 0 Å². The Hall–Kier alpha value is -3.48. The second kappa shape index (κ2) is 9.28. The SMILES string of the molecule is COC(=O)c1ccc(/C=N/OC(C)C(=O)Nc2ccc(C(C)=O)cc2)cc1. The molecule has 1 N–H and O–H groups in total. The Kier molecular flexibility index (Phi) is 6.82. The summed E-state index contributed by atoms with van der Waals surface area (Å²) in [5.41, 5.74) is 2.26. The molecule has 1 unspecified atom stereocenters. The summed E-state index contributed by atoms with van der Waals surface area (Å²) in [6.45, 7) is 3.04. The van der Waals surface area contributed by atoms with E-state index in [0.717, 1.165) is 0 Å². The molecule has 0 aliphatic rings. The number of carbonyl (C=O) groups is 3. The molecule has 0 aliphatic heterocycles. The van der Waals surface area contributed by atoms with Crippen molar-refractivity contribution in [2.24, 2.45) is 5.16 Å². The maximum Gasteiger partial charge on any atom is 0.337 e. The summed E-state index contributed by atoms with van der Waals surface area (Å²) in [5, 5.41) is 6.47. The number of ether oxygens (including phenoxy) is 1. The van der Waals surface area contributed by atoms with Crippen LogP contribution in [0.5, 0.6) is 0 Å². The molecule has 27 heavy (non-hydrogen) atoms. The zero-order valence-electron chi connectivity index (χ0n) is 15.3. The van der Waals surface area contributed by atoms with Crippen molar-refractivity contribution in [3.05, 3.63) is 65.2 Å². The molecular weight excluding hydrogens is 348 g/mol. The van der Waals surface area contributed by atoms with E-state index in [0.29, 0.717) is 22.4 Å². The quantitative estimate of drug-likeness (QED) is 0.351. The van der Waals surface area contributed by atoms with Gasteiger partial charge in [0.15, 0.2) is 5.78 Å². The summed E-state index contributed by atoms with van der Waals surface area (Å²) in [6.07, 6.45) is 0.620. The molecule has 0 spiro atoms. The smallest absolute Gasteiger partial charge is 0.337 e. The van der Waals surface area contributed by atoms with E-state index in [1.54, 1.807) is 55.5 Å². The topological polar surface area (TPSA) is 94.1 Å². The van der Waals surface area contributed by atoms with Crippen LogP contribution in [0, 0.1) is 0 Å². The molecule has 0 saturated carbocycles. The fraction of sp³-hybridized carbons (Fsp3) is 0.200. The predicted molar refractivity (Wildman–Crippen MR) is 101 cm³/mol. The van der Waals surface area contributed by atoms with Crippen LogP contribution < -0.4 is 5.32 Å². The van der Waals surface area contributed by atoms with Gasteiger partial charge in [-0.1, -0.05) is 17.3 Å². The van der Waals surface area contributed by atoms with E-state index in [4.69, 9.17) is 4.84 Å². The van der Waals surface area contributed by atoms with Crippen LogP contribution in [0.4, 0.5) is 5.69 Å². The first-order valence-electron chi connectivity index (χ1n) is 8.20. The van der Waals surface area contributed by atoms with Crippen molar-refractivity contribution < 1.29 is 24.0 Å². The molecular formula is C20H20N2O5. The molecule has 0 aliphatic carbocycles. The average Bonchev–Trinajstić information content (AvgIpc) is 2.68. The molecule has 1 amide bonds. The number of methoxy groups -OCH3 is 1. The molecule has 0 bridgehead atoms. The highest BCUT2D eigenvalue weighted by molar-refractivity contribution is 5.96. The maximum atomic E-state index is 12.1. The molecule has 0 heterocycles. The van der Waals surface area contributed by atoms with E-state index in [9.17, 15) is 14.4 Å². The monoisotopic (exact) mass is 368 g/mol. The Labute approximate surface area is 157 Å². The van der Waals surface area contributed by atoms with Crippen LogP contribution >= 0.6 is 0 Å². The first kappa shape index (κ1) is 19.8. The molecule has 140 valence electrons. The Balaban J connectivity index is 1.87. The van der Waals surface area contributed by atoms with E-state index in [2.05, 4.69) is 15.2 Å². The molecule has 7 heteroatoms. The summed E-state index contributed by atoms with van der Waals surface area (Å²) in [5.74, 6) is -0.835. The van der Waals surface area contributed by atoms with Gasteiger partial charge in [0, 0.05) is 11.3 Å². The number of oxime groups is 1. The number of ketones is 1. The molecule has 7 nitrogen and oxygen atoms in total. The van der Waals surface area contributed by atoms with E-state index < -0.39 is 12.1 Å². The second-order valence-corrected chi connectivity index (χ2v) is 5.72. The summed E-state index contributed by atoms with van der Waals surface area (Å²) in [4.78, 5) is 39.9. The third-order valence-corrected chi connectivity index (χ3v) is 3.68. The minimum absolute atomic E-state index is 0.0430. The maximum absolute atomic E-state index is 12.1. The Bertz CT molecular complexity index is 842. The Morgan fingerprint density at radius 1 is 1.00 bits per heavy atom. The fourth-order valence-corrected chi connectivity index (χ4v) is 2.09. The third-order valence-electron chi connectivity index (χ3n) is 3.68. The van der Waals surface area contributed by atoms with Gasteiger partial charge in [0.2, 0.25) is 6.10 Å². The number of nitrogens with zero attached hydrogens (tertiary/aromatic N) is 1. The van der Waals surface area contributed by atoms with E-state index in [1.165, 1.54) is 20.2 Å². The largest absolute Gasteiger partial charge is 0.465 e. The first-order valence-corrected chi connectivity index (χ1v) is 8.20. The van der Waals surface area contributed by atoms with E-state index in [-0.39, 0.29) is 11.7 Å². The number of anilines is 1. The zero-order valence-corrected chi connectivity index (χ0v) is 15.3. The van der Waals surface area contributed by atoms with Gasteiger partial charge in [-0.05, 0) is 55.8 Å². The normalized spacial score (nSPS) is 11.7. The van der Waals surface area contributed by atoms with Crippen molar-refractivity contribution in [2.45, 2.75) is 20.0 Å². The van der Waals surface area contributed by atoms with Gasteiger partial charge in [0.1, 0.15) is 0 Å². The van der Waals surface area contributed by atoms with Crippen LogP contribution in [0.2, 0.25) is 0 Å². The molecule has 0 fully saturated rings. The Morgan fingerprint density at radius 3 is 2.15 bits per heavy atom. The molecule has 2 rings (SSSR count). The van der Waals surface area contributed by atoms with Gasteiger partial charge in [-0.2, -0.15) is 0 Å². The second-order valence-electron chi connectivity index (χ2n) is 5.72. The zero-order chi connectivity index (χ0) is 19.8. The van der Waals surface area contributed by atoms with Gasteiger partial charge in [0.05, 0.1) is 18.9 Å². The highest BCUT2D eigenvalue weighted by Crippen LogP contribution is 2.11. The van der Waals surface area contributed by atoms with Gasteiger partial charge < -0.3 is 14.9 Å². The number of nitrogens with one attached hydrogen (secondary N) is 1. The van der Waals surface area contributed by atoms with Crippen molar-refractivity contribution in [2.75, 3.05) is 12.4 Å². The highest BCUT2D eigenvalue weighted by atomic mass is 16.6. The van der Waals surface area contributed by atoms with Crippen molar-refractivity contribution in [1.82, 2.24) is 0 Å². The molecule has 1 atom stereocenters. The summed E-state index contributed by atoms with van der Waals surface area (Å²) < 4.78 is 4.62. The van der Waals surface area contributed by atoms with Crippen LogP contribution in [0.3, 0.4) is 0 Å². The summed E-state index contributed by atoms with van der Waals surface area (Å²) in [7, 11) is 1.32. The lowest BCUT2D eigenvalue weighted by Crippen LogP contribution is -2.26. The van der Waals surface area contributed by atoms with Gasteiger partial charge >= 0.3 is 5.97 Å². The number of carbonyl (C=O) groups excluding carboxylic acids is 3. The van der Waals surface area contributed by atoms with Crippen LogP contribution in [0.25, 0.3) is 0 Å². The van der Waals surface area contributed by atoms with Crippen molar-refractivity contribution in [3.63, 3.8) is 0 Å². The molecule has 0 aromatic heterocycles. The summed E-state index contributed by atoms with van der Waals surface area (Å²) in [6, 6.07) is 13.1. The minimum Gasteiger partial charge on any atom is -0.465 e. The van der Waals surface area contributed by atoms with E-state index >= 15 is 0 Å². The standard InChI is InChI=1S/C20H20N2O5/c1-13(23)16-8-10-18(11-9-16)22-19(24)14(2)27-21-12-15-4-6-17(7-5-15)20(25)26-3/h4-12,14H,1-3H3,(H,22,24)/b21-12+. The van der Waals surface area contributed by atoms with Crippen molar-refractivity contribution in [3.8, 4) is 0 Å². The molecule has 2 aromatic rings. The highest BCUT2D eigenvalue weighted by Gasteiger charge is 2.14.